The number of ether oxygens (including phenoxy) is 5. The SMILES string of the molecule is C/C=C(\C)[C@H]1OC2(C[C@@H]3C[C@@H](C/C=C(\C)C[C@@H](C)/C=C/C=C4\CO[C@@H]5[C@H](OC)C(C)=CC(C(=O)O3)[C@]45O)O2)C[C@H](O)[C@@H]1C. The Hall–Kier alpha value is -2.07. The molecular formula is C35H50O8. The quantitative estimate of drug-likeness (QED) is 0.334. The number of hydrogen-bond acceptors (Lipinski definition) is 8. The Kier molecular flexibility index (Phi) is 9.58. The van der Waals surface area contributed by atoms with E-state index >= 15 is 0 Å². The maximum absolute atomic E-state index is 14.1. The van der Waals surface area contributed by atoms with Crippen molar-refractivity contribution in [1.82, 2.24) is 0 Å². The lowest BCUT2D eigenvalue weighted by Gasteiger charge is -2.51. The van der Waals surface area contributed by atoms with E-state index < -0.39 is 47.7 Å². The topological polar surface area (TPSA) is 104 Å². The molecule has 0 aromatic heterocycles. The average molecular weight is 599 g/mol. The number of aliphatic hydroxyl groups excluding tert-OH is 1. The lowest BCUT2D eigenvalue weighted by Crippen LogP contribution is -2.59. The van der Waals surface area contributed by atoms with Crippen LogP contribution in [-0.4, -0.2) is 77.9 Å². The van der Waals surface area contributed by atoms with E-state index in [-0.39, 0.29) is 30.7 Å². The van der Waals surface area contributed by atoms with Crippen LogP contribution in [0.2, 0.25) is 0 Å². The van der Waals surface area contributed by atoms with Gasteiger partial charge in [-0.05, 0) is 63.2 Å². The summed E-state index contributed by atoms with van der Waals surface area (Å²) in [5.74, 6) is -2.41. The van der Waals surface area contributed by atoms with E-state index in [1.54, 1.807) is 13.2 Å². The molecule has 3 fully saturated rings. The molecule has 4 heterocycles. The van der Waals surface area contributed by atoms with Gasteiger partial charge in [-0.1, -0.05) is 55.9 Å². The van der Waals surface area contributed by atoms with Crippen LogP contribution < -0.4 is 0 Å². The van der Waals surface area contributed by atoms with Crippen LogP contribution in [-0.2, 0) is 28.5 Å². The van der Waals surface area contributed by atoms with Gasteiger partial charge in [0.2, 0.25) is 0 Å². The summed E-state index contributed by atoms with van der Waals surface area (Å²) < 4.78 is 31.5. The minimum Gasteiger partial charge on any atom is -0.462 e. The van der Waals surface area contributed by atoms with Gasteiger partial charge in [0.05, 0.1) is 24.9 Å². The van der Waals surface area contributed by atoms with Crippen LogP contribution in [0.4, 0.5) is 0 Å². The molecule has 3 saturated heterocycles. The molecule has 43 heavy (non-hydrogen) atoms. The molecule has 2 unspecified atom stereocenters. The highest BCUT2D eigenvalue weighted by atomic mass is 16.7. The summed E-state index contributed by atoms with van der Waals surface area (Å²) in [5, 5.41) is 23.5. The summed E-state index contributed by atoms with van der Waals surface area (Å²) in [4.78, 5) is 14.1. The van der Waals surface area contributed by atoms with Crippen molar-refractivity contribution in [2.24, 2.45) is 17.8 Å². The number of allylic oxidation sites excluding steroid dienone is 5. The average Bonchev–Trinajstić information content (AvgIpc) is 3.29. The number of rotatable bonds is 2. The summed E-state index contributed by atoms with van der Waals surface area (Å²) in [6.45, 7) is 12.3. The van der Waals surface area contributed by atoms with Crippen molar-refractivity contribution >= 4 is 5.97 Å². The molecule has 5 rings (SSSR count). The van der Waals surface area contributed by atoms with Gasteiger partial charge < -0.3 is 33.9 Å². The van der Waals surface area contributed by atoms with E-state index in [0.29, 0.717) is 31.3 Å². The fraction of sp³-hybridized carbons (Fsp3) is 0.686. The second-order valence-electron chi connectivity index (χ2n) is 13.5. The lowest BCUT2D eigenvalue weighted by molar-refractivity contribution is -0.342. The third-order valence-corrected chi connectivity index (χ3v) is 10.2. The molecule has 0 saturated carbocycles. The lowest BCUT2D eigenvalue weighted by atomic mass is 9.70. The summed E-state index contributed by atoms with van der Waals surface area (Å²) in [7, 11) is 1.59. The molecule has 11 atom stereocenters. The number of carbonyl (C=O) groups is 1. The van der Waals surface area contributed by atoms with Gasteiger partial charge in [-0.15, -0.1) is 0 Å². The summed E-state index contributed by atoms with van der Waals surface area (Å²) in [6, 6.07) is 0. The fourth-order valence-electron chi connectivity index (χ4n) is 7.68. The van der Waals surface area contributed by atoms with Crippen molar-refractivity contribution in [1.29, 1.82) is 0 Å². The minimum absolute atomic E-state index is 0.100. The van der Waals surface area contributed by atoms with Crippen molar-refractivity contribution in [2.45, 2.75) is 122 Å². The number of methoxy groups -OCH3 is 1. The van der Waals surface area contributed by atoms with Crippen molar-refractivity contribution in [3.8, 4) is 0 Å². The Bertz CT molecular complexity index is 1210. The van der Waals surface area contributed by atoms with Gasteiger partial charge in [0, 0.05) is 32.3 Å². The monoisotopic (exact) mass is 598 g/mol. The van der Waals surface area contributed by atoms with Crippen LogP contribution in [0.1, 0.15) is 73.6 Å². The Morgan fingerprint density at radius 2 is 1.93 bits per heavy atom. The number of carbonyl (C=O) groups excluding carboxylic acids is 1. The first kappa shape index (κ1) is 32.3. The molecule has 4 aliphatic heterocycles. The third kappa shape index (κ3) is 6.24. The van der Waals surface area contributed by atoms with E-state index in [2.05, 4.69) is 26.0 Å². The molecule has 2 N–H and O–H groups in total. The molecule has 0 aromatic carbocycles. The first-order valence-corrected chi connectivity index (χ1v) is 15.9. The normalized spacial score (nSPS) is 47.5. The summed E-state index contributed by atoms with van der Waals surface area (Å²) in [5.41, 5.74) is 2.11. The molecule has 2 bridgehead atoms. The van der Waals surface area contributed by atoms with Crippen LogP contribution in [0.25, 0.3) is 0 Å². The highest BCUT2D eigenvalue weighted by Gasteiger charge is 2.60. The van der Waals surface area contributed by atoms with E-state index in [1.807, 2.05) is 45.9 Å². The molecule has 1 aliphatic carbocycles. The highest BCUT2D eigenvalue weighted by Crippen LogP contribution is 2.48. The van der Waals surface area contributed by atoms with Crippen LogP contribution in [0.15, 0.2) is 58.7 Å². The van der Waals surface area contributed by atoms with Crippen molar-refractivity contribution in [3.63, 3.8) is 0 Å². The van der Waals surface area contributed by atoms with Crippen molar-refractivity contribution < 1.29 is 38.7 Å². The van der Waals surface area contributed by atoms with Crippen molar-refractivity contribution in [2.75, 3.05) is 13.7 Å². The van der Waals surface area contributed by atoms with E-state index in [0.717, 1.165) is 17.6 Å². The van der Waals surface area contributed by atoms with Gasteiger partial charge in [-0.25, -0.2) is 0 Å². The minimum atomic E-state index is -1.61. The van der Waals surface area contributed by atoms with Crippen LogP contribution in [0.3, 0.4) is 0 Å². The zero-order valence-electron chi connectivity index (χ0n) is 26.7. The Morgan fingerprint density at radius 3 is 2.65 bits per heavy atom. The number of esters is 1. The first-order valence-electron chi connectivity index (χ1n) is 15.9. The van der Waals surface area contributed by atoms with E-state index in [1.165, 1.54) is 5.57 Å². The molecule has 0 aromatic rings. The zero-order chi connectivity index (χ0) is 31.1. The van der Waals surface area contributed by atoms with Crippen LogP contribution in [0.5, 0.6) is 0 Å². The molecule has 238 valence electrons. The molecule has 8 heteroatoms. The molecule has 8 nitrogen and oxygen atoms in total. The molecule has 1 spiro atoms. The first-order chi connectivity index (χ1) is 20.4. The Labute approximate surface area is 256 Å². The van der Waals surface area contributed by atoms with Gasteiger partial charge in [-0.2, -0.15) is 0 Å². The van der Waals surface area contributed by atoms with E-state index in [9.17, 15) is 15.0 Å². The van der Waals surface area contributed by atoms with Gasteiger partial charge in [0.1, 0.15) is 29.8 Å². The van der Waals surface area contributed by atoms with Gasteiger partial charge >= 0.3 is 5.97 Å². The standard InChI is InChI=1S/C35H50O8/c1-8-22(4)30-24(6)29(36)18-34(43-30)17-27-16-26(42-34)13-12-21(3)14-20(2)10-9-11-25-19-40-32-31(39-7)23(5)15-28(33(37)41-27)35(25,32)38/h8-12,15,20,24,26-32,36,38H,13-14,16-19H2,1-7H3/b10-9+,21-12+,22-8+,25-11+/t20-,24-,26+,27-,28?,29-,30+,31+,32+,34?,35+/m0/s1. The smallest absolute Gasteiger partial charge is 0.316 e. The highest BCUT2D eigenvalue weighted by molar-refractivity contribution is 5.78. The zero-order valence-corrected chi connectivity index (χ0v) is 26.7. The summed E-state index contributed by atoms with van der Waals surface area (Å²) in [6.07, 6.45) is 11.6. The predicted molar refractivity (Wildman–Crippen MR) is 163 cm³/mol. The van der Waals surface area contributed by atoms with Crippen LogP contribution >= 0.6 is 0 Å². The molecule has 0 radical (unpaired) electrons. The number of aliphatic hydroxyl groups is 2. The number of fused-ring (bicyclic) bond motifs is 2. The fourth-order valence-corrected chi connectivity index (χ4v) is 7.68. The molecule has 5 aliphatic rings. The molecule has 0 amide bonds. The van der Waals surface area contributed by atoms with Gasteiger partial charge in [0.25, 0.3) is 0 Å². The Morgan fingerprint density at radius 1 is 1.16 bits per heavy atom. The van der Waals surface area contributed by atoms with E-state index in [4.69, 9.17) is 23.7 Å². The molecular weight excluding hydrogens is 548 g/mol. The maximum atomic E-state index is 14.1. The van der Waals surface area contributed by atoms with Crippen molar-refractivity contribution in [3.05, 3.63) is 58.7 Å². The second-order valence-corrected chi connectivity index (χ2v) is 13.5. The Balaban J connectivity index is 1.54. The van der Waals surface area contributed by atoms with Gasteiger partial charge in [-0.3, -0.25) is 4.79 Å². The third-order valence-electron chi connectivity index (χ3n) is 10.2. The number of hydrogen-bond donors (Lipinski definition) is 2. The second kappa shape index (κ2) is 12.7. The summed E-state index contributed by atoms with van der Waals surface area (Å²) >= 11 is 0. The van der Waals surface area contributed by atoms with Crippen LogP contribution in [0, 0.1) is 17.8 Å². The predicted octanol–water partition coefficient (Wildman–Crippen LogP) is 5.11. The van der Waals surface area contributed by atoms with Gasteiger partial charge in [0.15, 0.2) is 5.79 Å². The maximum Gasteiger partial charge on any atom is 0.316 e. The largest absolute Gasteiger partial charge is 0.462 e.